The molecule has 0 saturated carbocycles. The maximum Gasteiger partial charge on any atom is 0.410 e. The monoisotopic (exact) mass is 578 g/mol. The molecule has 2 aliphatic rings. The first kappa shape index (κ1) is 27.9. The molecule has 3 heterocycles. The number of ether oxygens (including phenoxy) is 1. The summed E-state index contributed by atoms with van der Waals surface area (Å²) < 4.78 is 5.64. The third-order valence-electron chi connectivity index (χ3n) is 8.16. The van der Waals surface area contributed by atoms with Crippen LogP contribution in [0.2, 0.25) is 0 Å². The highest BCUT2D eigenvalue weighted by Gasteiger charge is 2.36. The number of rotatable bonds is 6. The molecular formula is C33H34N6O2S. The first-order valence-corrected chi connectivity index (χ1v) is 15.5. The van der Waals surface area contributed by atoms with Gasteiger partial charge < -0.3 is 19.4 Å². The maximum absolute atomic E-state index is 13.1. The Morgan fingerprint density at radius 1 is 1.02 bits per heavy atom. The molecule has 1 amide bonds. The van der Waals surface area contributed by atoms with E-state index in [1.165, 1.54) is 27.6 Å². The normalized spacial score (nSPS) is 16.7. The Balaban J connectivity index is 1.24. The van der Waals surface area contributed by atoms with Gasteiger partial charge in [0.15, 0.2) is 5.16 Å². The number of benzene rings is 3. The molecule has 0 aliphatic carbocycles. The Kier molecular flexibility index (Phi) is 8.15. The molecule has 2 aliphatic heterocycles. The first-order chi connectivity index (χ1) is 20.6. The molecule has 6 rings (SSSR count). The molecule has 0 bridgehead atoms. The number of piperazine rings is 1. The Morgan fingerprint density at radius 2 is 1.83 bits per heavy atom. The van der Waals surface area contributed by atoms with Crippen molar-refractivity contribution in [3.8, 4) is 0 Å². The average molecular weight is 579 g/mol. The van der Waals surface area contributed by atoms with Crippen molar-refractivity contribution in [3.05, 3.63) is 101 Å². The molecule has 42 heavy (non-hydrogen) atoms. The number of carbonyl (C=O) groups excluding carboxylic acids is 1. The number of anilines is 2. The second-order valence-corrected chi connectivity index (χ2v) is 11.5. The van der Waals surface area contributed by atoms with Gasteiger partial charge >= 0.3 is 6.09 Å². The van der Waals surface area contributed by atoms with E-state index in [0.29, 0.717) is 26.2 Å². The topological polar surface area (TPSA) is 66.2 Å². The molecule has 1 saturated heterocycles. The summed E-state index contributed by atoms with van der Waals surface area (Å²) in [5.74, 6) is 0.936. The van der Waals surface area contributed by atoms with Gasteiger partial charge in [-0.2, -0.15) is 0 Å². The number of fused-ring (bicyclic) bond motifs is 2. The van der Waals surface area contributed by atoms with Crippen LogP contribution in [0.15, 0.2) is 71.9 Å². The van der Waals surface area contributed by atoms with Crippen molar-refractivity contribution in [1.82, 2.24) is 14.9 Å². The van der Waals surface area contributed by atoms with Gasteiger partial charge in [-0.15, -0.1) is 0 Å². The predicted octanol–water partition coefficient (Wildman–Crippen LogP) is 5.97. The first-order valence-electron chi connectivity index (χ1n) is 14.3. The second-order valence-electron chi connectivity index (χ2n) is 10.8. The van der Waals surface area contributed by atoms with Gasteiger partial charge in [-0.3, -0.25) is 4.90 Å². The van der Waals surface area contributed by atoms with Gasteiger partial charge in [-0.1, -0.05) is 72.4 Å². The summed E-state index contributed by atoms with van der Waals surface area (Å²) >= 11 is 1.54. The molecule has 1 fully saturated rings. The minimum atomic E-state index is -0.373. The zero-order valence-corrected chi connectivity index (χ0v) is 24.8. The van der Waals surface area contributed by atoms with Gasteiger partial charge in [-0.25, -0.2) is 21.3 Å². The average Bonchev–Trinajstić information content (AvgIpc) is 3.03. The summed E-state index contributed by atoms with van der Waals surface area (Å²) in [5, 5.41) is 3.28. The summed E-state index contributed by atoms with van der Waals surface area (Å²) in [7, 11) is 0. The lowest BCUT2D eigenvalue weighted by Crippen LogP contribution is -2.57. The lowest BCUT2D eigenvalue weighted by Gasteiger charge is -2.41. The van der Waals surface area contributed by atoms with Gasteiger partial charge in [-0.05, 0) is 42.2 Å². The van der Waals surface area contributed by atoms with Crippen LogP contribution in [0.3, 0.4) is 0 Å². The number of aromatic nitrogens is 2. The van der Waals surface area contributed by atoms with Crippen LogP contribution in [0.5, 0.6) is 0 Å². The summed E-state index contributed by atoms with van der Waals surface area (Å²) in [6.45, 7) is 13.4. The molecule has 1 atom stereocenters. The quantitative estimate of drug-likeness (QED) is 0.159. The van der Waals surface area contributed by atoms with E-state index in [4.69, 9.17) is 21.3 Å². The van der Waals surface area contributed by atoms with E-state index in [2.05, 4.69) is 58.0 Å². The van der Waals surface area contributed by atoms with E-state index in [9.17, 15) is 4.79 Å². The molecule has 3 aromatic carbocycles. The molecule has 0 radical (unpaired) electrons. The number of carbonyl (C=O) groups is 1. The molecule has 0 spiro atoms. The van der Waals surface area contributed by atoms with Gasteiger partial charge in [0.05, 0.1) is 12.2 Å². The van der Waals surface area contributed by atoms with E-state index < -0.39 is 0 Å². The number of aryl methyl sites for hydroxylation is 1. The summed E-state index contributed by atoms with van der Waals surface area (Å²) in [6, 6.07) is 22.4. The molecular weight excluding hydrogens is 544 g/mol. The maximum atomic E-state index is 13.1. The van der Waals surface area contributed by atoms with Crippen LogP contribution in [-0.4, -0.2) is 66.0 Å². The van der Waals surface area contributed by atoms with E-state index in [1.807, 2.05) is 36.6 Å². The number of thioether (sulfide) groups is 1. The Bertz CT molecular complexity index is 1630. The minimum Gasteiger partial charge on any atom is -0.445 e. The van der Waals surface area contributed by atoms with Crippen LogP contribution in [0.25, 0.3) is 15.6 Å². The lowest BCUT2D eigenvalue weighted by molar-refractivity contribution is 0.0788. The van der Waals surface area contributed by atoms with Crippen LogP contribution >= 0.6 is 11.8 Å². The number of hydrogen-bond acceptors (Lipinski definition) is 7. The molecule has 9 heteroatoms. The Hall–Kier alpha value is -4.29. The van der Waals surface area contributed by atoms with Crippen LogP contribution in [0, 0.1) is 13.5 Å². The molecule has 4 aromatic rings. The molecule has 0 unspecified atom stereocenters. The summed E-state index contributed by atoms with van der Waals surface area (Å²) in [4.78, 5) is 33.1. The van der Waals surface area contributed by atoms with Crippen molar-refractivity contribution in [2.24, 2.45) is 0 Å². The lowest BCUT2D eigenvalue weighted by atomic mass is 9.99. The van der Waals surface area contributed by atoms with Crippen LogP contribution in [-0.2, 0) is 24.3 Å². The van der Waals surface area contributed by atoms with E-state index in [0.717, 1.165) is 35.2 Å². The number of amides is 1. The van der Waals surface area contributed by atoms with E-state index in [1.54, 1.807) is 16.7 Å². The summed E-state index contributed by atoms with van der Waals surface area (Å²) in [5.41, 5.74) is 5.67. The van der Waals surface area contributed by atoms with Crippen LogP contribution < -0.4 is 9.80 Å². The van der Waals surface area contributed by atoms with Gasteiger partial charge in [0.25, 0.3) is 0 Å². The fraction of sp³-hybridized carbons (Fsp3) is 0.333. The molecule has 214 valence electrons. The van der Waals surface area contributed by atoms with Crippen molar-refractivity contribution in [2.45, 2.75) is 37.7 Å². The molecule has 1 aromatic heterocycles. The van der Waals surface area contributed by atoms with Crippen molar-refractivity contribution >= 4 is 40.1 Å². The highest BCUT2D eigenvalue weighted by molar-refractivity contribution is 7.98. The summed E-state index contributed by atoms with van der Waals surface area (Å²) in [6.07, 6.45) is 2.46. The number of nitrogens with zero attached hydrogens (tertiary/aromatic N) is 6. The van der Waals surface area contributed by atoms with Crippen LogP contribution in [0.4, 0.5) is 16.3 Å². The van der Waals surface area contributed by atoms with Gasteiger partial charge in [0.1, 0.15) is 18.5 Å². The third kappa shape index (κ3) is 5.59. The van der Waals surface area contributed by atoms with Crippen molar-refractivity contribution < 1.29 is 9.53 Å². The van der Waals surface area contributed by atoms with Gasteiger partial charge in [0, 0.05) is 42.8 Å². The second kappa shape index (κ2) is 12.3. The third-order valence-corrected chi connectivity index (χ3v) is 8.71. The van der Waals surface area contributed by atoms with E-state index >= 15 is 0 Å². The smallest absolute Gasteiger partial charge is 0.410 e. The van der Waals surface area contributed by atoms with E-state index in [-0.39, 0.29) is 25.3 Å². The zero-order chi connectivity index (χ0) is 29.1. The number of hydrogen-bond donors (Lipinski definition) is 0. The van der Waals surface area contributed by atoms with Crippen molar-refractivity contribution in [2.75, 3.05) is 48.8 Å². The standard InChI is InChI=1S/C33H34N6O2S/c1-23-9-7-12-25-13-8-14-29(30(23)25)37-16-15-27-28(21-37)35-32(42-3)36-31(27)38-17-18-39(26(20-38)19-34-2)33(40)41-22-24-10-5-4-6-11-24/h4-14,26H,15-22H2,1,3H3/t26-/m0/s1. The molecule has 0 N–H and O–H groups in total. The highest BCUT2D eigenvalue weighted by Crippen LogP contribution is 2.35. The van der Waals surface area contributed by atoms with Crippen molar-refractivity contribution in [1.29, 1.82) is 0 Å². The fourth-order valence-electron chi connectivity index (χ4n) is 6.07. The highest BCUT2D eigenvalue weighted by atomic mass is 32.2. The minimum absolute atomic E-state index is 0.216. The Morgan fingerprint density at radius 3 is 2.62 bits per heavy atom. The molecule has 8 nitrogen and oxygen atoms in total. The van der Waals surface area contributed by atoms with Crippen molar-refractivity contribution in [3.63, 3.8) is 0 Å². The predicted molar refractivity (Wildman–Crippen MR) is 168 cm³/mol. The fourth-order valence-corrected chi connectivity index (χ4v) is 6.45. The largest absolute Gasteiger partial charge is 0.445 e. The Labute approximate surface area is 251 Å². The van der Waals surface area contributed by atoms with Gasteiger partial charge in [0.2, 0.25) is 6.54 Å². The van der Waals surface area contributed by atoms with Crippen LogP contribution in [0.1, 0.15) is 22.4 Å². The zero-order valence-electron chi connectivity index (χ0n) is 24.0. The SMILES string of the molecule is [C-]#[N+]C[C@H]1CN(c2nc(SC)nc3c2CCN(c2cccc4cccc(C)c24)C3)CCN1C(=O)OCc1ccccc1.